The highest BCUT2D eigenvalue weighted by atomic mass is 16.4. The smallest absolute Gasteiger partial charge is 0.335 e. The summed E-state index contributed by atoms with van der Waals surface area (Å²) in [6, 6.07) is 0. The molecule has 4 atom stereocenters. The molecular formula is C7H12O8. The maximum atomic E-state index is 10.2. The molecule has 8 heteroatoms. The van der Waals surface area contributed by atoms with Crippen LogP contribution in [-0.4, -0.2) is 67.0 Å². The van der Waals surface area contributed by atoms with Crippen molar-refractivity contribution in [3.63, 3.8) is 0 Å². The molecule has 0 aromatic rings. The van der Waals surface area contributed by atoms with Crippen molar-refractivity contribution in [3.05, 3.63) is 0 Å². The molecule has 0 aromatic carbocycles. The van der Waals surface area contributed by atoms with Crippen LogP contribution in [-0.2, 0) is 9.59 Å². The minimum Gasteiger partial charge on any atom is -0.481 e. The summed E-state index contributed by atoms with van der Waals surface area (Å²) in [6.07, 6.45) is -9.22. The second-order valence-electron chi connectivity index (χ2n) is 2.93. The Morgan fingerprint density at radius 3 is 1.73 bits per heavy atom. The molecule has 0 rings (SSSR count). The number of aliphatic carboxylic acids is 2. The number of carboxylic acids is 2. The van der Waals surface area contributed by atoms with Gasteiger partial charge in [-0.05, 0) is 0 Å². The van der Waals surface area contributed by atoms with Crippen molar-refractivity contribution in [2.45, 2.75) is 30.8 Å². The number of carbonyl (C=O) groups is 2. The van der Waals surface area contributed by atoms with Crippen LogP contribution in [0.2, 0.25) is 0 Å². The topological polar surface area (TPSA) is 156 Å². The second kappa shape index (κ2) is 5.61. The van der Waals surface area contributed by atoms with Gasteiger partial charge in [-0.3, -0.25) is 4.79 Å². The van der Waals surface area contributed by atoms with Crippen molar-refractivity contribution in [1.29, 1.82) is 0 Å². The van der Waals surface area contributed by atoms with E-state index in [4.69, 9.17) is 30.6 Å². The number of hydrogen-bond acceptors (Lipinski definition) is 6. The van der Waals surface area contributed by atoms with Crippen molar-refractivity contribution >= 4 is 11.9 Å². The molecule has 6 N–H and O–H groups in total. The fraction of sp³-hybridized carbons (Fsp3) is 0.714. The summed E-state index contributed by atoms with van der Waals surface area (Å²) in [5, 5.41) is 52.3. The van der Waals surface area contributed by atoms with Crippen molar-refractivity contribution in [1.82, 2.24) is 0 Å². The largest absolute Gasteiger partial charge is 0.481 e. The molecule has 0 aliphatic rings. The standard InChI is InChI=1S/C7H12O8/c8-2(1-3(9)10)4(11)5(12)6(13)7(14)15/h2,4-6,8,11-13H,1H2,(H,9,10)(H,14,15). The Morgan fingerprint density at radius 1 is 0.933 bits per heavy atom. The average molecular weight is 224 g/mol. The van der Waals surface area contributed by atoms with Gasteiger partial charge in [0.1, 0.15) is 12.2 Å². The van der Waals surface area contributed by atoms with Gasteiger partial charge in [0.2, 0.25) is 0 Å². The molecule has 4 unspecified atom stereocenters. The Morgan fingerprint density at radius 2 is 1.40 bits per heavy atom. The van der Waals surface area contributed by atoms with Gasteiger partial charge >= 0.3 is 11.9 Å². The van der Waals surface area contributed by atoms with E-state index in [1.165, 1.54) is 0 Å². The van der Waals surface area contributed by atoms with E-state index in [1.807, 2.05) is 0 Å². The molecule has 15 heavy (non-hydrogen) atoms. The highest BCUT2D eigenvalue weighted by Crippen LogP contribution is 2.08. The van der Waals surface area contributed by atoms with E-state index in [1.54, 1.807) is 0 Å². The van der Waals surface area contributed by atoms with Gasteiger partial charge in [-0.15, -0.1) is 0 Å². The molecule has 8 nitrogen and oxygen atoms in total. The zero-order valence-electron chi connectivity index (χ0n) is 7.52. The summed E-state index contributed by atoms with van der Waals surface area (Å²) in [4.78, 5) is 20.3. The Labute approximate surface area is 84.0 Å². The van der Waals surface area contributed by atoms with Crippen LogP contribution < -0.4 is 0 Å². The zero-order valence-corrected chi connectivity index (χ0v) is 7.52. The van der Waals surface area contributed by atoms with Gasteiger partial charge in [0.25, 0.3) is 0 Å². The minimum absolute atomic E-state index is 0.870. The molecule has 88 valence electrons. The van der Waals surface area contributed by atoms with Gasteiger partial charge in [0, 0.05) is 0 Å². The summed E-state index contributed by atoms with van der Waals surface area (Å²) in [7, 11) is 0. The third-order valence-corrected chi connectivity index (χ3v) is 1.70. The first-order valence-corrected chi connectivity index (χ1v) is 3.94. The molecular weight excluding hydrogens is 212 g/mol. The van der Waals surface area contributed by atoms with Gasteiger partial charge in [-0.2, -0.15) is 0 Å². The highest BCUT2D eigenvalue weighted by molar-refractivity contribution is 5.73. The molecule has 0 saturated carbocycles. The van der Waals surface area contributed by atoms with Gasteiger partial charge in [-0.1, -0.05) is 0 Å². The number of hydrogen-bond donors (Lipinski definition) is 6. The quantitative estimate of drug-likeness (QED) is 0.278. The lowest BCUT2D eigenvalue weighted by molar-refractivity contribution is -0.164. The SMILES string of the molecule is O=C(O)CC(O)C(O)C(O)C(O)C(=O)O. The second-order valence-corrected chi connectivity index (χ2v) is 2.93. The first-order valence-electron chi connectivity index (χ1n) is 3.94. The van der Waals surface area contributed by atoms with Gasteiger partial charge in [0.05, 0.1) is 12.5 Å². The first-order chi connectivity index (χ1) is 6.77. The van der Waals surface area contributed by atoms with Crippen LogP contribution in [0.3, 0.4) is 0 Å². The van der Waals surface area contributed by atoms with Crippen LogP contribution in [0.15, 0.2) is 0 Å². The van der Waals surface area contributed by atoms with Crippen LogP contribution in [0.4, 0.5) is 0 Å². The highest BCUT2D eigenvalue weighted by Gasteiger charge is 2.34. The molecule has 0 aromatic heterocycles. The Hall–Kier alpha value is -1.22. The molecule has 0 spiro atoms. The number of rotatable bonds is 6. The number of carboxylic acid groups (broad SMARTS) is 2. The summed E-state index contributed by atoms with van der Waals surface area (Å²) in [6.45, 7) is 0. The lowest BCUT2D eigenvalue weighted by Gasteiger charge is -2.23. The lowest BCUT2D eigenvalue weighted by Crippen LogP contribution is -2.48. The first kappa shape index (κ1) is 13.8. The summed E-state index contributed by atoms with van der Waals surface area (Å²) in [5.74, 6) is -3.22. The monoisotopic (exact) mass is 224 g/mol. The third-order valence-electron chi connectivity index (χ3n) is 1.70. The molecule has 0 radical (unpaired) electrons. The molecule has 0 amide bonds. The van der Waals surface area contributed by atoms with Crippen LogP contribution in [0.1, 0.15) is 6.42 Å². The normalized spacial score (nSPS) is 18.9. The summed E-state index contributed by atoms with van der Waals surface area (Å²) < 4.78 is 0. The maximum Gasteiger partial charge on any atom is 0.335 e. The molecule has 0 aliphatic heterocycles. The van der Waals surface area contributed by atoms with Crippen molar-refractivity contribution in [3.8, 4) is 0 Å². The van der Waals surface area contributed by atoms with E-state index in [0.717, 1.165) is 0 Å². The van der Waals surface area contributed by atoms with Gasteiger partial charge < -0.3 is 30.6 Å². The zero-order chi connectivity index (χ0) is 12.2. The van der Waals surface area contributed by atoms with Gasteiger partial charge in [0.15, 0.2) is 6.10 Å². The Bertz CT molecular complexity index is 239. The minimum atomic E-state index is -2.29. The molecule has 0 aliphatic carbocycles. The number of aliphatic hydroxyl groups is 4. The fourth-order valence-electron chi connectivity index (χ4n) is 0.860. The fourth-order valence-corrected chi connectivity index (χ4v) is 0.860. The predicted molar refractivity (Wildman–Crippen MR) is 43.9 cm³/mol. The Kier molecular flexibility index (Phi) is 5.15. The van der Waals surface area contributed by atoms with E-state index >= 15 is 0 Å². The average Bonchev–Trinajstić information content (AvgIpc) is 2.13. The molecule has 0 heterocycles. The van der Waals surface area contributed by atoms with Gasteiger partial charge in [-0.25, -0.2) is 4.79 Å². The predicted octanol–water partition coefficient (Wildman–Crippen LogP) is -3.01. The molecule has 0 bridgehead atoms. The van der Waals surface area contributed by atoms with E-state index in [9.17, 15) is 9.59 Å². The van der Waals surface area contributed by atoms with E-state index in [-0.39, 0.29) is 0 Å². The van der Waals surface area contributed by atoms with Crippen LogP contribution in [0.5, 0.6) is 0 Å². The lowest BCUT2D eigenvalue weighted by atomic mass is 10.0. The summed E-state index contributed by atoms with van der Waals surface area (Å²) in [5.41, 5.74) is 0. The van der Waals surface area contributed by atoms with Crippen molar-refractivity contribution in [2.75, 3.05) is 0 Å². The van der Waals surface area contributed by atoms with E-state index in [0.29, 0.717) is 0 Å². The van der Waals surface area contributed by atoms with E-state index in [2.05, 4.69) is 0 Å². The number of aliphatic hydroxyl groups excluding tert-OH is 4. The van der Waals surface area contributed by atoms with E-state index < -0.39 is 42.8 Å². The van der Waals surface area contributed by atoms with Crippen LogP contribution >= 0.6 is 0 Å². The third kappa shape index (κ3) is 4.21. The Balaban J connectivity index is 4.36. The van der Waals surface area contributed by atoms with Crippen molar-refractivity contribution < 1.29 is 40.2 Å². The van der Waals surface area contributed by atoms with Crippen molar-refractivity contribution in [2.24, 2.45) is 0 Å². The summed E-state index contributed by atoms with van der Waals surface area (Å²) >= 11 is 0. The molecule has 0 saturated heterocycles. The van der Waals surface area contributed by atoms with Crippen LogP contribution in [0.25, 0.3) is 0 Å². The molecule has 0 fully saturated rings. The van der Waals surface area contributed by atoms with Crippen LogP contribution in [0, 0.1) is 0 Å². The maximum absolute atomic E-state index is 10.2.